The Bertz CT molecular complexity index is 3130. The van der Waals surface area contributed by atoms with E-state index in [4.69, 9.17) is 9.97 Å². The highest BCUT2D eigenvalue weighted by Crippen LogP contribution is 2.41. The molecule has 0 aliphatic heterocycles. The maximum Gasteiger partial charge on any atom is 0.161 e. The summed E-state index contributed by atoms with van der Waals surface area (Å²) >= 11 is 3.68. The quantitative estimate of drug-likeness (QED) is 0.170. The smallest absolute Gasteiger partial charge is 0.161 e. The number of hydrogen-bond acceptors (Lipinski definition) is 6. The molecular weight excluding hydrogens is 721 g/mol. The molecule has 262 valence electrons. The zero-order chi connectivity index (χ0) is 37.0. The number of nitrogens with zero attached hydrogens (tertiary/aromatic N) is 4. The minimum Gasteiger partial charge on any atom is -0.264 e. The lowest BCUT2D eigenvalue weighted by molar-refractivity contribution is 1.18. The summed E-state index contributed by atoms with van der Waals surface area (Å²) in [5.41, 5.74) is 11.1. The van der Waals surface area contributed by atoms with Crippen LogP contribution in [0.4, 0.5) is 0 Å². The van der Waals surface area contributed by atoms with Crippen LogP contribution in [0.25, 0.3) is 108 Å². The molecular formula is C50H30N4S2. The van der Waals surface area contributed by atoms with Gasteiger partial charge in [0.05, 0.1) is 11.4 Å². The van der Waals surface area contributed by atoms with Crippen LogP contribution in [0, 0.1) is 0 Å². The first-order chi connectivity index (χ1) is 27.7. The van der Waals surface area contributed by atoms with E-state index in [0.717, 1.165) is 61.5 Å². The predicted molar refractivity (Wildman–Crippen MR) is 236 cm³/mol. The lowest BCUT2D eigenvalue weighted by atomic mass is 9.93. The standard InChI is InChI=1S/C50H30N4S2/c1-2-14-41(38(11-1)33-9-7-21-51-29-33)50-53-44(34-10-8-22-52-30-34)28-45(54-50)37-24-35(31-17-19-48-42(26-31)39-12-3-5-15-46(39)55-48)23-36(25-37)32-18-20-49-43(27-32)40-13-4-6-16-47(40)56-49/h1-30H. The lowest BCUT2D eigenvalue weighted by Crippen LogP contribution is -1.98. The molecule has 11 rings (SSSR count). The Morgan fingerprint density at radius 1 is 0.321 bits per heavy atom. The summed E-state index contributed by atoms with van der Waals surface area (Å²) < 4.78 is 5.17. The van der Waals surface area contributed by atoms with Gasteiger partial charge in [0.1, 0.15) is 0 Å². The van der Waals surface area contributed by atoms with Gasteiger partial charge in [-0.05, 0) is 107 Å². The van der Waals surface area contributed by atoms with Crippen LogP contribution in [0.2, 0.25) is 0 Å². The van der Waals surface area contributed by atoms with Crippen molar-refractivity contribution in [1.29, 1.82) is 0 Å². The van der Waals surface area contributed by atoms with Gasteiger partial charge in [0.15, 0.2) is 5.82 Å². The normalized spacial score (nSPS) is 11.6. The summed E-state index contributed by atoms with van der Waals surface area (Å²) in [6.07, 6.45) is 7.35. The van der Waals surface area contributed by atoms with Gasteiger partial charge >= 0.3 is 0 Å². The number of thiophene rings is 2. The maximum absolute atomic E-state index is 5.37. The van der Waals surface area contributed by atoms with Crippen molar-refractivity contribution in [2.45, 2.75) is 0 Å². The number of fused-ring (bicyclic) bond motifs is 6. The first-order valence-corrected chi connectivity index (χ1v) is 20.1. The van der Waals surface area contributed by atoms with Crippen molar-refractivity contribution in [2.24, 2.45) is 0 Å². The summed E-state index contributed by atoms with van der Waals surface area (Å²) in [5, 5.41) is 5.12. The first-order valence-electron chi connectivity index (χ1n) is 18.5. The van der Waals surface area contributed by atoms with E-state index < -0.39 is 0 Å². The number of benzene rings is 6. The van der Waals surface area contributed by atoms with E-state index in [0.29, 0.717) is 5.82 Å². The second-order valence-corrected chi connectivity index (χ2v) is 16.1. The van der Waals surface area contributed by atoms with Crippen molar-refractivity contribution in [3.05, 3.63) is 183 Å². The Morgan fingerprint density at radius 2 is 0.821 bits per heavy atom. The zero-order valence-electron chi connectivity index (χ0n) is 29.9. The van der Waals surface area contributed by atoms with Gasteiger partial charge in [-0.25, -0.2) is 9.97 Å². The minimum absolute atomic E-state index is 0.644. The van der Waals surface area contributed by atoms with Crippen molar-refractivity contribution in [2.75, 3.05) is 0 Å². The fourth-order valence-electron chi connectivity index (χ4n) is 7.75. The topological polar surface area (TPSA) is 51.6 Å². The molecule has 0 radical (unpaired) electrons. The first kappa shape index (κ1) is 32.6. The van der Waals surface area contributed by atoms with Crippen molar-refractivity contribution >= 4 is 63.0 Å². The lowest BCUT2D eigenvalue weighted by Gasteiger charge is -2.15. The van der Waals surface area contributed by atoms with Crippen LogP contribution in [-0.2, 0) is 0 Å². The fraction of sp³-hybridized carbons (Fsp3) is 0. The van der Waals surface area contributed by atoms with Crippen molar-refractivity contribution in [1.82, 2.24) is 19.9 Å². The predicted octanol–water partition coefficient (Wildman–Crippen LogP) is 14.0. The van der Waals surface area contributed by atoms with Gasteiger partial charge in [0.25, 0.3) is 0 Å². The summed E-state index contributed by atoms with van der Waals surface area (Å²) in [5.74, 6) is 0.644. The third kappa shape index (κ3) is 5.75. The van der Waals surface area contributed by atoms with Gasteiger partial charge in [-0.1, -0.05) is 78.9 Å². The van der Waals surface area contributed by atoms with Crippen LogP contribution in [0.5, 0.6) is 0 Å². The van der Waals surface area contributed by atoms with Gasteiger partial charge in [-0.3, -0.25) is 9.97 Å². The van der Waals surface area contributed by atoms with E-state index >= 15 is 0 Å². The third-order valence-electron chi connectivity index (χ3n) is 10.5. The summed E-state index contributed by atoms with van der Waals surface area (Å²) in [6, 6.07) is 56.5. The molecule has 4 nitrogen and oxygen atoms in total. The van der Waals surface area contributed by atoms with Crippen molar-refractivity contribution in [3.8, 4) is 67.3 Å². The molecule has 6 heteroatoms. The number of hydrogen-bond donors (Lipinski definition) is 0. The van der Waals surface area contributed by atoms with Crippen molar-refractivity contribution < 1.29 is 0 Å². The number of aromatic nitrogens is 4. The van der Waals surface area contributed by atoms with E-state index in [2.05, 4.69) is 149 Å². The molecule has 0 fully saturated rings. The van der Waals surface area contributed by atoms with E-state index in [-0.39, 0.29) is 0 Å². The van der Waals surface area contributed by atoms with Crippen molar-refractivity contribution in [3.63, 3.8) is 0 Å². The highest BCUT2D eigenvalue weighted by atomic mass is 32.1. The molecule has 0 aliphatic carbocycles. The highest BCUT2D eigenvalue weighted by molar-refractivity contribution is 7.26. The van der Waals surface area contributed by atoms with Gasteiger partial charge in [0.2, 0.25) is 0 Å². The molecule has 0 bridgehead atoms. The Hall–Kier alpha value is -6.86. The molecule has 5 aromatic heterocycles. The molecule has 0 spiro atoms. The minimum atomic E-state index is 0.644. The van der Waals surface area contributed by atoms with Crippen LogP contribution in [0.15, 0.2) is 183 Å². The zero-order valence-corrected chi connectivity index (χ0v) is 31.6. The maximum atomic E-state index is 5.37. The van der Waals surface area contributed by atoms with Crippen LogP contribution in [-0.4, -0.2) is 19.9 Å². The largest absolute Gasteiger partial charge is 0.264 e. The Kier molecular flexibility index (Phi) is 7.83. The number of pyridine rings is 2. The highest BCUT2D eigenvalue weighted by Gasteiger charge is 2.17. The Labute approximate surface area is 331 Å². The molecule has 56 heavy (non-hydrogen) atoms. The molecule has 0 saturated carbocycles. The molecule has 0 N–H and O–H groups in total. The van der Waals surface area contributed by atoms with Crippen LogP contribution >= 0.6 is 22.7 Å². The van der Waals surface area contributed by atoms with Gasteiger partial charge in [0, 0.05) is 87.4 Å². The molecule has 0 unspecified atom stereocenters. The van der Waals surface area contributed by atoms with Gasteiger partial charge in [-0.2, -0.15) is 0 Å². The van der Waals surface area contributed by atoms with Crippen LogP contribution < -0.4 is 0 Å². The molecule has 5 heterocycles. The van der Waals surface area contributed by atoms with E-state index in [1.807, 2.05) is 53.3 Å². The molecule has 11 aromatic rings. The Morgan fingerprint density at radius 3 is 1.41 bits per heavy atom. The molecule has 6 aromatic carbocycles. The molecule has 0 amide bonds. The second kappa shape index (κ2) is 13.5. The average molecular weight is 751 g/mol. The molecule has 0 atom stereocenters. The SMILES string of the molecule is c1cncc(-c2cc(-c3cc(-c4ccc5sc6ccccc6c5c4)cc(-c4ccc5sc6ccccc6c5c4)c3)nc(-c3ccccc3-c3cccnc3)n2)c1. The summed E-state index contributed by atoms with van der Waals surface area (Å²) in [7, 11) is 0. The fourth-order valence-corrected chi connectivity index (χ4v) is 9.92. The third-order valence-corrected chi connectivity index (χ3v) is 12.8. The summed E-state index contributed by atoms with van der Waals surface area (Å²) in [6.45, 7) is 0. The molecule has 0 aliphatic rings. The van der Waals surface area contributed by atoms with E-state index in [1.165, 1.54) is 40.3 Å². The molecule has 0 saturated heterocycles. The van der Waals surface area contributed by atoms with E-state index in [9.17, 15) is 0 Å². The Balaban J connectivity index is 1.15. The van der Waals surface area contributed by atoms with Gasteiger partial charge in [-0.15, -0.1) is 22.7 Å². The monoisotopic (exact) mass is 750 g/mol. The summed E-state index contributed by atoms with van der Waals surface area (Å²) in [4.78, 5) is 19.4. The van der Waals surface area contributed by atoms with Crippen LogP contribution in [0.3, 0.4) is 0 Å². The second-order valence-electron chi connectivity index (χ2n) is 13.9. The average Bonchev–Trinajstić information content (AvgIpc) is 3.84. The van der Waals surface area contributed by atoms with Crippen LogP contribution in [0.1, 0.15) is 0 Å². The van der Waals surface area contributed by atoms with E-state index in [1.54, 1.807) is 12.4 Å². The number of rotatable bonds is 6. The van der Waals surface area contributed by atoms with Gasteiger partial charge < -0.3 is 0 Å².